The number of hydrogen-bond acceptors (Lipinski definition) is 5. The third kappa shape index (κ3) is 4.70. The van der Waals surface area contributed by atoms with Gasteiger partial charge < -0.3 is 15.4 Å². The number of carbonyl (C=O) groups is 2. The molecule has 2 aromatic carbocycles. The Morgan fingerprint density at radius 2 is 1.94 bits per heavy atom. The summed E-state index contributed by atoms with van der Waals surface area (Å²) in [5.41, 5.74) is -0.639. The van der Waals surface area contributed by atoms with Crippen molar-refractivity contribution in [1.29, 1.82) is 0 Å². The number of amides is 2. The van der Waals surface area contributed by atoms with E-state index in [2.05, 4.69) is 15.6 Å². The van der Waals surface area contributed by atoms with Gasteiger partial charge in [-0.1, -0.05) is 6.42 Å². The topological polar surface area (TPSA) is 80.3 Å². The van der Waals surface area contributed by atoms with Crippen LogP contribution in [0.15, 0.2) is 30.3 Å². The second kappa shape index (κ2) is 9.21. The minimum absolute atomic E-state index is 0.165. The van der Waals surface area contributed by atoms with E-state index in [9.17, 15) is 27.2 Å². The number of ether oxygens (including phenoxy) is 1. The number of methoxy groups -OCH3 is 1. The van der Waals surface area contributed by atoms with Gasteiger partial charge in [0, 0.05) is 11.7 Å². The highest BCUT2D eigenvalue weighted by Gasteiger charge is 2.37. The number of nitrogens with zero attached hydrogens (tertiary/aromatic N) is 1. The van der Waals surface area contributed by atoms with E-state index < -0.39 is 41.3 Å². The van der Waals surface area contributed by atoms with Gasteiger partial charge in [0.15, 0.2) is 0 Å². The number of rotatable bonds is 5. The molecule has 1 saturated carbocycles. The number of aryl methyl sites for hydroxylation is 1. The summed E-state index contributed by atoms with van der Waals surface area (Å²) in [6.45, 7) is 1.83. The summed E-state index contributed by atoms with van der Waals surface area (Å²) in [5, 5.41) is 6.11. The molecular weight excluding hydrogens is 474 g/mol. The zero-order valence-corrected chi connectivity index (χ0v) is 19.1. The highest BCUT2D eigenvalue weighted by atomic mass is 32.1. The maximum absolute atomic E-state index is 13.6. The van der Waals surface area contributed by atoms with Crippen molar-refractivity contribution in [1.82, 2.24) is 10.3 Å². The second-order valence-electron chi connectivity index (χ2n) is 8.02. The maximum Gasteiger partial charge on any atom is 0.419 e. The molecular formula is C23H21F4N3O3S. The van der Waals surface area contributed by atoms with Gasteiger partial charge in [-0.15, -0.1) is 11.3 Å². The highest BCUT2D eigenvalue weighted by molar-refractivity contribution is 7.19. The van der Waals surface area contributed by atoms with Gasteiger partial charge in [0.2, 0.25) is 5.91 Å². The molecule has 180 valence electrons. The van der Waals surface area contributed by atoms with Crippen molar-refractivity contribution in [3.8, 4) is 5.75 Å². The number of aromatic nitrogens is 1. The van der Waals surface area contributed by atoms with Gasteiger partial charge in [-0.3, -0.25) is 9.59 Å². The van der Waals surface area contributed by atoms with Crippen LogP contribution >= 0.6 is 11.3 Å². The van der Waals surface area contributed by atoms with E-state index in [1.54, 1.807) is 12.1 Å². The third-order valence-corrected chi connectivity index (χ3v) is 6.79. The zero-order chi connectivity index (χ0) is 24.6. The van der Waals surface area contributed by atoms with E-state index in [0.29, 0.717) is 52.9 Å². The van der Waals surface area contributed by atoms with Gasteiger partial charge in [0.1, 0.15) is 17.1 Å². The van der Waals surface area contributed by atoms with E-state index in [-0.39, 0.29) is 5.69 Å². The van der Waals surface area contributed by atoms with Gasteiger partial charge >= 0.3 is 6.18 Å². The molecule has 34 heavy (non-hydrogen) atoms. The monoisotopic (exact) mass is 495 g/mol. The average Bonchev–Trinajstić information content (AvgIpc) is 3.38. The first-order valence-electron chi connectivity index (χ1n) is 10.5. The van der Waals surface area contributed by atoms with E-state index in [1.807, 2.05) is 6.92 Å². The van der Waals surface area contributed by atoms with Crippen LogP contribution < -0.4 is 15.4 Å². The summed E-state index contributed by atoms with van der Waals surface area (Å²) in [6, 6.07) is 5.19. The molecule has 1 aromatic heterocycles. The molecule has 0 aliphatic heterocycles. The van der Waals surface area contributed by atoms with Crippen molar-refractivity contribution in [2.75, 3.05) is 12.4 Å². The Balaban J connectivity index is 1.53. The summed E-state index contributed by atoms with van der Waals surface area (Å²) in [4.78, 5) is 30.5. The Bertz CT molecular complexity index is 1260. The lowest BCUT2D eigenvalue weighted by Crippen LogP contribution is -2.42. The van der Waals surface area contributed by atoms with Gasteiger partial charge in [0.05, 0.1) is 33.8 Å². The molecule has 0 bridgehead atoms. The molecule has 0 radical (unpaired) electrons. The molecule has 6 nitrogen and oxygen atoms in total. The molecule has 11 heteroatoms. The fourth-order valence-corrected chi connectivity index (χ4v) is 5.17. The predicted octanol–water partition coefficient (Wildman–Crippen LogP) is 5.31. The Labute approximate surface area is 196 Å². The van der Waals surface area contributed by atoms with Crippen LogP contribution in [0, 0.1) is 18.7 Å². The number of benzene rings is 2. The quantitative estimate of drug-likeness (QED) is 0.471. The lowest BCUT2D eigenvalue weighted by molar-refractivity contribution is -0.140. The van der Waals surface area contributed by atoms with Crippen LogP contribution in [-0.2, 0) is 11.0 Å². The van der Waals surface area contributed by atoms with Gasteiger partial charge in [-0.05, 0) is 50.1 Å². The first kappa shape index (κ1) is 23.9. The van der Waals surface area contributed by atoms with Crippen molar-refractivity contribution in [2.45, 2.75) is 38.4 Å². The fraction of sp³-hybridized carbons (Fsp3) is 0.348. The predicted molar refractivity (Wildman–Crippen MR) is 120 cm³/mol. The van der Waals surface area contributed by atoms with Crippen LogP contribution in [0.3, 0.4) is 0 Å². The number of alkyl halides is 3. The molecule has 3 aromatic rings. The maximum atomic E-state index is 13.6. The van der Waals surface area contributed by atoms with Gasteiger partial charge in [-0.2, -0.15) is 13.2 Å². The Kier molecular flexibility index (Phi) is 6.48. The molecule has 2 N–H and O–H groups in total. The summed E-state index contributed by atoms with van der Waals surface area (Å²) < 4.78 is 58.6. The van der Waals surface area contributed by atoms with Crippen LogP contribution in [0.4, 0.5) is 23.2 Å². The number of halogens is 4. The normalized spacial score (nSPS) is 18.2. The molecule has 0 saturated heterocycles. The molecule has 1 aliphatic rings. The average molecular weight is 495 g/mol. The number of anilines is 1. The molecule has 1 aliphatic carbocycles. The van der Waals surface area contributed by atoms with Crippen molar-refractivity contribution < 1.29 is 31.9 Å². The minimum Gasteiger partial charge on any atom is -0.496 e. The van der Waals surface area contributed by atoms with Crippen LogP contribution in [0.25, 0.3) is 10.2 Å². The van der Waals surface area contributed by atoms with Gasteiger partial charge in [-0.25, -0.2) is 9.37 Å². The van der Waals surface area contributed by atoms with E-state index in [4.69, 9.17) is 4.74 Å². The SMILES string of the molecule is COc1ccc2nc(C)sc2c1C(=O)NC1CCC[C@@H]1C(=O)Nc1ccc(F)c(C(F)(F)F)c1. The molecule has 0 spiro atoms. The van der Waals surface area contributed by atoms with E-state index >= 15 is 0 Å². The van der Waals surface area contributed by atoms with Gasteiger partial charge in [0.25, 0.3) is 5.91 Å². The van der Waals surface area contributed by atoms with Crippen molar-refractivity contribution in [3.05, 3.63) is 52.3 Å². The number of thiazole rings is 1. The Morgan fingerprint density at radius 3 is 2.65 bits per heavy atom. The third-order valence-electron chi connectivity index (χ3n) is 5.78. The number of fused-ring (bicyclic) bond motifs is 1. The van der Waals surface area contributed by atoms with Crippen molar-refractivity contribution >= 4 is 39.1 Å². The lowest BCUT2D eigenvalue weighted by Gasteiger charge is -2.21. The molecule has 1 unspecified atom stereocenters. The van der Waals surface area contributed by atoms with Crippen molar-refractivity contribution in [2.24, 2.45) is 5.92 Å². The number of nitrogens with one attached hydrogen (secondary N) is 2. The number of hydrogen-bond donors (Lipinski definition) is 2. The summed E-state index contributed by atoms with van der Waals surface area (Å²) >= 11 is 1.35. The van der Waals surface area contributed by atoms with E-state index in [1.165, 1.54) is 18.4 Å². The smallest absolute Gasteiger partial charge is 0.419 e. The lowest BCUT2D eigenvalue weighted by atomic mass is 10.0. The Hall–Kier alpha value is -3.21. The van der Waals surface area contributed by atoms with Crippen LogP contribution in [-0.4, -0.2) is 29.9 Å². The largest absolute Gasteiger partial charge is 0.496 e. The fourth-order valence-electron chi connectivity index (χ4n) is 4.21. The molecule has 4 rings (SSSR count). The zero-order valence-electron chi connectivity index (χ0n) is 18.3. The first-order chi connectivity index (χ1) is 16.1. The minimum atomic E-state index is -4.89. The summed E-state index contributed by atoms with van der Waals surface area (Å²) in [7, 11) is 1.45. The number of carbonyl (C=O) groups excluding carboxylic acids is 2. The Morgan fingerprint density at radius 1 is 1.18 bits per heavy atom. The molecule has 2 atom stereocenters. The van der Waals surface area contributed by atoms with Crippen LogP contribution in [0.1, 0.15) is 40.2 Å². The van der Waals surface area contributed by atoms with Crippen LogP contribution in [0.2, 0.25) is 0 Å². The highest BCUT2D eigenvalue weighted by Crippen LogP contribution is 2.35. The molecule has 2 amide bonds. The first-order valence-corrected chi connectivity index (χ1v) is 11.3. The summed E-state index contributed by atoms with van der Waals surface area (Å²) in [6.07, 6.45) is -3.25. The molecule has 1 fully saturated rings. The van der Waals surface area contributed by atoms with Crippen molar-refractivity contribution in [3.63, 3.8) is 0 Å². The van der Waals surface area contributed by atoms with E-state index in [0.717, 1.165) is 11.1 Å². The van der Waals surface area contributed by atoms with Crippen LogP contribution in [0.5, 0.6) is 5.75 Å². The standard InChI is InChI=1S/C23H21F4N3O3S/c1-11-28-17-8-9-18(33-2)19(20(17)34-11)22(32)30-16-5-3-4-13(16)21(31)29-12-6-7-15(24)14(10-12)23(25,26)27/h6-10,13,16H,3-5H2,1-2H3,(H,29,31)(H,30,32)/t13-,16?/m0/s1. The second-order valence-corrected chi connectivity index (χ2v) is 9.23. The summed E-state index contributed by atoms with van der Waals surface area (Å²) in [5.74, 6) is -2.66. The molecule has 1 heterocycles.